The minimum atomic E-state index is 0.838. The van der Waals surface area contributed by atoms with Crippen LogP contribution in [0.1, 0.15) is 43.7 Å². The van der Waals surface area contributed by atoms with Gasteiger partial charge in [0.25, 0.3) is 0 Å². The number of rotatable bonds is 7. The average Bonchev–Trinajstić information content (AvgIpc) is 2.30. The van der Waals surface area contributed by atoms with Crippen LogP contribution in [0.5, 0.6) is 5.75 Å². The molecule has 0 amide bonds. The number of ether oxygens (including phenoxy) is 1. The van der Waals surface area contributed by atoms with Crippen LogP contribution >= 0.6 is 15.9 Å². The third-order valence-corrected chi connectivity index (χ3v) is 3.29. The monoisotopic (exact) mass is 284 g/mol. The van der Waals surface area contributed by atoms with E-state index in [0.717, 1.165) is 24.1 Å². The minimum absolute atomic E-state index is 0.838. The highest BCUT2D eigenvalue weighted by molar-refractivity contribution is 9.08. The molecule has 0 unspecified atom stereocenters. The van der Waals surface area contributed by atoms with Crippen molar-refractivity contribution in [1.82, 2.24) is 0 Å². The predicted octanol–water partition coefficient (Wildman–Crippen LogP) is 4.85. The fourth-order valence-corrected chi connectivity index (χ4v) is 2.17. The molecule has 0 aromatic heterocycles. The number of para-hydroxylation sites is 1. The first kappa shape index (κ1) is 13.6. The number of aryl methyl sites for hydroxylation is 1. The zero-order valence-corrected chi connectivity index (χ0v) is 11.8. The normalized spacial score (nSPS) is 10.4. The number of benzene rings is 1. The van der Waals surface area contributed by atoms with E-state index in [2.05, 4.69) is 48.0 Å². The Morgan fingerprint density at radius 2 is 2.00 bits per heavy atom. The molecule has 0 bridgehead atoms. The summed E-state index contributed by atoms with van der Waals surface area (Å²) < 4.78 is 5.88. The maximum absolute atomic E-state index is 5.88. The molecule has 1 rings (SSSR count). The molecule has 1 nitrogen and oxygen atoms in total. The third-order valence-electron chi connectivity index (χ3n) is 2.68. The van der Waals surface area contributed by atoms with Gasteiger partial charge in [-0.2, -0.15) is 0 Å². The van der Waals surface area contributed by atoms with Crippen LogP contribution in [-0.4, -0.2) is 6.61 Å². The number of alkyl halides is 1. The van der Waals surface area contributed by atoms with Gasteiger partial charge in [0, 0.05) is 10.9 Å². The van der Waals surface area contributed by atoms with Crippen molar-refractivity contribution in [1.29, 1.82) is 0 Å². The standard InChI is InChI=1S/C14H21BrO/c1-3-4-5-6-10-16-14-12(2)8-7-9-13(14)11-15/h7-9H,3-6,10-11H2,1-2H3. The summed E-state index contributed by atoms with van der Waals surface area (Å²) in [6, 6.07) is 6.30. The first-order valence-corrected chi connectivity index (χ1v) is 7.19. The van der Waals surface area contributed by atoms with E-state index in [9.17, 15) is 0 Å². The van der Waals surface area contributed by atoms with Crippen LogP contribution in [0.3, 0.4) is 0 Å². The van der Waals surface area contributed by atoms with Crippen molar-refractivity contribution in [3.63, 3.8) is 0 Å². The third kappa shape index (κ3) is 4.17. The van der Waals surface area contributed by atoms with E-state index in [0.29, 0.717) is 0 Å². The molecule has 16 heavy (non-hydrogen) atoms. The zero-order valence-electron chi connectivity index (χ0n) is 10.3. The minimum Gasteiger partial charge on any atom is -0.493 e. The molecular formula is C14H21BrO. The first-order chi connectivity index (χ1) is 7.79. The Morgan fingerprint density at radius 1 is 1.19 bits per heavy atom. The summed E-state index contributed by atoms with van der Waals surface area (Å²) in [6.45, 7) is 5.17. The van der Waals surface area contributed by atoms with Crippen molar-refractivity contribution in [2.24, 2.45) is 0 Å². The smallest absolute Gasteiger partial charge is 0.126 e. The van der Waals surface area contributed by atoms with Crippen LogP contribution in [-0.2, 0) is 5.33 Å². The molecule has 0 aliphatic carbocycles. The molecule has 0 spiro atoms. The predicted molar refractivity (Wildman–Crippen MR) is 73.4 cm³/mol. The molecule has 0 aliphatic rings. The topological polar surface area (TPSA) is 9.23 Å². The molecule has 0 fully saturated rings. The SMILES string of the molecule is CCCCCCOc1c(C)cccc1CBr. The lowest BCUT2D eigenvalue weighted by atomic mass is 10.1. The van der Waals surface area contributed by atoms with Crippen LogP contribution in [0, 0.1) is 6.92 Å². The maximum Gasteiger partial charge on any atom is 0.126 e. The lowest BCUT2D eigenvalue weighted by Crippen LogP contribution is -2.01. The van der Waals surface area contributed by atoms with Gasteiger partial charge < -0.3 is 4.74 Å². The molecular weight excluding hydrogens is 264 g/mol. The number of hydrogen-bond acceptors (Lipinski definition) is 1. The second kappa shape index (κ2) is 7.72. The number of hydrogen-bond donors (Lipinski definition) is 0. The van der Waals surface area contributed by atoms with E-state index in [1.165, 1.54) is 30.4 Å². The van der Waals surface area contributed by atoms with E-state index in [-0.39, 0.29) is 0 Å². The van der Waals surface area contributed by atoms with Crippen molar-refractivity contribution >= 4 is 15.9 Å². The highest BCUT2D eigenvalue weighted by Gasteiger charge is 2.05. The lowest BCUT2D eigenvalue weighted by Gasteiger charge is -2.12. The largest absolute Gasteiger partial charge is 0.493 e. The molecule has 0 saturated heterocycles. The molecule has 90 valence electrons. The van der Waals surface area contributed by atoms with E-state index in [1.54, 1.807) is 0 Å². The van der Waals surface area contributed by atoms with Gasteiger partial charge >= 0.3 is 0 Å². The Hall–Kier alpha value is -0.500. The zero-order chi connectivity index (χ0) is 11.8. The quantitative estimate of drug-likeness (QED) is 0.514. The van der Waals surface area contributed by atoms with Gasteiger partial charge in [0.1, 0.15) is 5.75 Å². The van der Waals surface area contributed by atoms with Crippen LogP contribution in [0.15, 0.2) is 18.2 Å². The summed E-state index contributed by atoms with van der Waals surface area (Å²) in [5.41, 5.74) is 2.47. The van der Waals surface area contributed by atoms with Crippen molar-refractivity contribution < 1.29 is 4.74 Å². The van der Waals surface area contributed by atoms with E-state index >= 15 is 0 Å². The fourth-order valence-electron chi connectivity index (χ4n) is 1.73. The Kier molecular flexibility index (Phi) is 6.55. The van der Waals surface area contributed by atoms with Gasteiger partial charge in [0.2, 0.25) is 0 Å². The highest BCUT2D eigenvalue weighted by atomic mass is 79.9. The molecule has 0 atom stereocenters. The van der Waals surface area contributed by atoms with Crippen LogP contribution in [0.25, 0.3) is 0 Å². The Bertz CT molecular complexity index is 310. The van der Waals surface area contributed by atoms with Crippen molar-refractivity contribution in [2.75, 3.05) is 6.61 Å². The van der Waals surface area contributed by atoms with Gasteiger partial charge in [-0.25, -0.2) is 0 Å². The summed E-state index contributed by atoms with van der Waals surface area (Å²) in [5.74, 6) is 1.07. The second-order valence-corrected chi connectivity index (χ2v) is 4.67. The summed E-state index contributed by atoms with van der Waals surface area (Å²) in [6.07, 6.45) is 5.01. The molecule has 0 heterocycles. The Morgan fingerprint density at radius 3 is 2.69 bits per heavy atom. The van der Waals surface area contributed by atoms with Crippen LogP contribution in [0.2, 0.25) is 0 Å². The van der Waals surface area contributed by atoms with E-state index in [1.807, 2.05) is 0 Å². The number of halogens is 1. The van der Waals surface area contributed by atoms with Gasteiger partial charge in [-0.3, -0.25) is 0 Å². The molecule has 1 aromatic carbocycles. The molecule has 0 aliphatic heterocycles. The Labute approximate surface area is 107 Å². The molecule has 0 saturated carbocycles. The van der Waals surface area contributed by atoms with E-state index in [4.69, 9.17) is 4.74 Å². The van der Waals surface area contributed by atoms with Gasteiger partial charge in [-0.05, 0) is 18.9 Å². The Balaban J connectivity index is 2.46. The summed E-state index contributed by atoms with van der Waals surface area (Å²) in [5, 5.41) is 0.860. The first-order valence-electron chi connectivity index (χ1n) is 6.06. The van der Waals surface area contributed by atoms with Crippen LogP contribution < -0.4 is 4.74 Å². The average molecular weight is 285 g/mol. The maximum atomic E-state index is 5.88. The number of unbranched alkanes of at least 4 members (excludes halogenated alkanes) is 3. The van der Waals surface area contributed by atoms with Crippen molar-refractivity contribution in [2.45, 2.75) is 44.9 Å². The van der Waals surface area contributed by atoms with Crippen molar-refractivity contribution in [3.8, 4) is 5.75 Å². The summed E-state index contributed by atoms with van der Waals surface area (Å²) >= 11 is 3.50. The van der Waals surface area contributed by atoms with Crippen LogP contribution in [0.4, 0.5) is 0 Å². The highest BCUT2D eigenvalue weighted by Crippen LogP contribution is 2.25. The molecule has 1 aromatic rings. The van der Waals surface area contributed by atoms with Gasteiger partial charge in [-0.1, -0.05) is 60.3 Å². The molecule has 0 N–H and O–H groups in total. The summed E-state index contributed by atoms with van der Waals surface area (Å²) in [4.78, 5) is 0. The lowest BCUT2D eigenvalue weighted by molar-refractivity contribution is 0.301. The molecule has 2 heteroatoms. The second-order valence-electron chi connectivity index (χ2n) is 4.11. The van der Waals surface area contributed by atoms with Crippen molar-refractivity contribution in [3.05, 3.63) is 29.3 Å². The van der Waals surface area contributed by atoms with Gasteiger partial charge in [0.05, 0.1) is 6.61 Å². The van der Waals surface area contributed by atoms with Gasteiger partial charge in [-0.15, -0.1) is 0 Å². The van der Waals surface area contributed by atoms with Gasteiger partial charge in [0.15, 0.2) is 0 Å². The molecule has 0 radical (unpaired) electrons. The van der Waals surface area contributed by atoms with E-state index < -0.39 is 0 Å². The fraction of sp³-hybridized carbons (Fsp3) is 0.571. The summed E-state index contributed by atoms with van der Waals surface area (Å²) in [7, 11) is 0.